The standard InChI is InChI=1S/C15H22N2O3S2/c1-11(18)16-14-10-13(8-9-15(14)21-2)22(19,20)17-12-6-4-3-5-7-12/h8-10,12,17H,3-7H2,1-2H3,(H,16,18). The Morgan fingerprint density at radius 1 is 1.23 bits per heavy atom. The van der Waals surface area contributed by atoms with Gasteiger partial charge in [0.25, 0.3) is 0 Å². The molecule has 0 unspecified atom stereocenters. The summed E-state index contributed by atoms with van der Waals surface area (Å²) in [6, 6.07) is 4.86. The quantitative estimate of drug-likeness (QED) is 0.807. The molecule has 7 heteroatoms. The Morgan fingerprint density at radius 2 is 1.91 bits per heavy atom. The van der Waals surface area contributed by atoms with Gasteiger partial charge >= 0.3 is 0 Å². The van der Waals surface area contributed by atoms with Crippen molar-refractivity contribution in [3.63, 3.8) is 0 Å². The zero-order valence-corrected chi connectivity index (χ0v) is 14.5. The lowest BCUT2D eigenvalue weighted by atomic mass is 9.96. The van der Waals surface area contributed by atoms with E-state index in [1.807, 2.05) is 6.26 Å². The van der Waals surface area contributed by atoms with Crippen molar-refractivity contribution < 1.29 is 13.2 Å². The lowest BCUT2D eigenvalue weighted by Crippen LogP contribution is -2.36. The Hall–Kier alpha value is -1.05. The molecule has 0 saturated heterocycles. The van der Waals surface area contributed by atoms with E-state index in [1.54, 1.807) is 12.1 Å². The molecule has 1 aliphatic rings. The van der Waals surface area contributed by atoms with Gasteiger partial charge in [-0.3, -0.25) is 4.79 Å². The molecule has 1 aromatic rings. The molecule has 0 spiro atoms. The zero-order valence-electron chi connectivity index (χ0n) is 12.9. The Bertz CT molecular complexity index is 638. The number of thioether (sulfide) groups is 1. The normalized spacial score (nSPS) is 16.5. The van der Waals surface area contributed by atoms with E-state index in [4.69, 9.17) is 0 Å². The van der Waals surface area contributed by atoms with E-state index in [2.05, 4.69) is 10.0 Å². The van der Waals surface area contributed by atoms with Crippen LogP contribution in [0.5, 0.6) is 0 Å². The lowest BCUT2D eigenvalue weighted by Gasteiger charge is -2.22. The third-order valence-corrected chi connectivity index (χ3v) is 6.03. The Balaban J connectivity index is 2.24. The van der Waals surface area contributed by atoms with Crippen molar-refractivity contribution >= 4 is 33.4 Å². The first-order valence-corrected chi connectivity index (χ1v) is 10.1. The molecule has 0 radical (unpaired) electrons. The molecular weight excluding hydrogens is 320 g/mol. The van der Waals surface area contributed by atoms with Gasteiger partial charge in [0.1, 0.15) is 0 Å². The fraction of sp³-hybridized carbons (Fsp3) is 0.533. The summed E-state index contributed by atoms with van der Waals surface area (Å²) in [5.74, 6) is -0.218. The number of nitrogens with one attached hydrogen (secondary N) is 2. The van der Waals surface area contributed by atoms with Gasteiger partial charge in [-0.25, -0.2) is 13.1 Å². The van der Waals surface area contributed by atoms with Crippen LogP contribution in [0.4, 0.5) is 5.69 Å². The van der Waals surface area contributed by atoms with Crippen LogP contribution < -0.4 is 10.0 Å². The van der Waals surface area contributed by atoms with Gasteiger partial charge in [-0.2, -0.15) is 0 Å². The highest BCUT2D eigenvalue weighted by Crippen LogP contribution is 2.29. The van der Waals surface area contributed by atoms with Crippen LogP contribution in [0.25, 0.3) is 0 Å². The van der Waals surface area contributed by atoms with E-state index >= 15 is 0 Å². The molecule has 0 bridgehead atoms. The number of anilines is 1. The van der Waals surface area contributed by atoms with Gasteiger partial charge in [-0.05, 0) is 37.3 Å². The van der Waals surface area contributed by atoms with E-state index in [0.717, 1.165) is 30.6 Å². The minimum Gasteiger partial charge on any atom is -0.325 e. The van der Waals surface area contributed by atoms with Gasteiger partial charge in [0.05, 0.1) is 10.6 Å². The van der Waals surface area contributed by atoms with Gasteiger partial charge in [0, 0.05) is 17.9 Å². The number of carbonyl (C=O) groups excluding carboxylic acids is 1. The number of hydrogen-bond acceptors (Lipinski definition) is 4. The van der Waals surface area contributed by atoms with Gasteiger partial charge in [0.15, 0.2) is 0 Å². The van der Waals surface area contributed by atoms with Gasteiger partial charge < -0.3 is 5.32 Å². The summed E-state index contributed by atoms with van der Waals surface area (Å²) < 4.78 is 27.8. The molecular formula is C15H22N2O3S2. The maximum absolute atomic E-state index is 12.5. The zero-order chi connectivity index (χ0) is 16.2. The smallest absolute Gasteiger partial charge is 0.240 e. The number of sulfonamides is 1. The third kappa shape index (κ3) is 4.47. The topological polar surface area (TPSA) is 75.3 Å². The van der Waals surface area contributed by atoms with Gasteiger partial charge in [-0.15, -0.1) is 11.8 Å². The van der Waals surface area contributed by atoms with Gasteiger partial charge in [0.2, 0.25) is 15.9 Å². The second-order valence-corrected chi connectivity index (χ2v) is 8.06. The second kappa shape index (κ2) is 7.48. The first-order chi connectivity index (χ1) is 10.4. The van der Waals surface area contributed by atoms with Crippen molar-refractivity contribution in [2.24, 2.45) is 0 Å². The lowest BCUT2D eigenvalue weighted by molar-refractivity contribution is -0.114. The van der Waals surface area contributed by atoms with Crippen molar-refractivity contribution in [3.8, 4) is 0 Å². The predicted molar refractivity (Wildman–Crippen MR) is 89.7 cm³/mol. The van der Waals surface area contributed by atoms with Crippen LogP contribution in [0.1, 0.15) is 39.0 Å². The first-order valence-electron chi connectivity index (χ1n) is 7.40. The highest BCUT2D eigenvalue weighted by atomic mass is 32.2. The van der Waals surface area contributed by atoms with Crippen LogP contribution in [-0.4, -0.2) is 26.6 Å². The number of carbonyl (C=O) groups is 1. The molecule has 0 atom stereocenters. The maximum atomic E-state index is 12.5. The SMILES string of the molecule is CSc1ccc(S(=O)(=O)NC2CCCCC2)cc1NC(C)=O. The summed E-state index contributed by atoms with van der Waals surface area (Å²) in [6.07, 6.45) is 6.97. The summed E-state index contributed by atoms with van der Waals surface area (Å²) >= 11 is 1.46. The van der Waals surface area contributed by atoms with Crippen LogP contribution >= 0.6 is 11.8 Å². The highest BCUT2D eigenvalue weighted by molar-refractivity contribution is 7.98. The molecule has 1 fully saturated rings. The van der Waals surface area contributed by atoms with Gasteiger partial charge in [-0.1, -0.05) is 19.3 Å². The minimum atomic E-state index is -3.55. The molecule has 1 aromatic carbocycles. The summed E-state index contributed by atoms with van der Waals surface area (Å²) in [5, 5.41) is 2.69. The Labute approximate surface area is 136 Å². The average Bonchev–Trinajstić information content (AvgIpc) is 2.47. The van der Waals surface area contributed by atoms with E-state index in [-0.39, 0.29) is 16.8 Å². The number of amides is 1. The molecule has 5 nitrogen and oxygen atoms in total. The molecule has 1 aliphatic carbocycles. The monoisotopic (exact) mass is 342 g/mol. The van der Waals surface area contributed by atoms with E-state index in [0.29, 0.717) is 5.69 Å². The van der Waals surface area contributed by atoms with Crippen molar-refractivity contribution in [2.45, 2.75) is 54.9 Å². The van der Waals surface area contributed by atoms with E-state index < -0.39 is 10.0 Å². The summed E-state index contributed by atoms with van der Waals surface area (Å²) in [7, 11) is -3.55. The third-order valence-electron chi connectivity index (χ3n) is 3.72. The molecule has 0 aliphatic heterocycles. The van der Waals surface area contributed by atoms with Crippen molar-refractivity contribution in [3.05, 3.63) is 18.2 Å². The average molecular weight is 342 g/mol. The molecule has 2 rings (SSSR count). The van der Waals surface area contributed by atoms with Crippen LogP contribution in [0.3, 0.4) is 0 Å². The second-order valence-electron chi connectivity index (χ2n) is 5.50. The molecule has 1 saturated carbocycles. The fourth-order valence-corrected chi connectivity index (χ4v) is 4.51. The maximum Gasteiger partial charge on any atom is 0.240 e. The number of benzene rings is 1. The van der Waals surface area contributed by atoms with Crippen LogP contribution in [0, 0.1) is 0 Å². The molecule has 122 valence electrons. The number of rotatable bonds is 5. The largest absolute Gasteiger partial charge is 0.325 e. The minimum absolute atomic E-state index is 0.0168. The molecule has 2 N–H and O–H groups in total. The predicted octanol–water partition coefficient (Wildman–Crippen LogP) is 2.98. The van der Waals surface area contributed by atoms with Crippen molar-refractivity contribution in [2.75, 3.05) is 11.6 Å². The van der Waals surface area contributed by atoms with E-state index in [9.17, 15) is 13.2 Å². The number of hydrogen-bond donors (Lipinski definition) is 2. The summed E-state index contributed by atoms with van der Waals surface area (Å²) in [4.78, 5) is 12.3. The Morgan fingerprint density at radius 3 is 2.50 bits per heavy atom. The first kappa shape index (κ1) is 17.3. The van der Waals surface area contributed by atoms with Crippen LogP contribution in [0.2, 0.25) is 0 Å². The van der Waals surface area contributed by atoms with E-state index in [1.165, 1.54) is 31.2 Å². The Kier molecular flexibility index (Phi) is 5.88. The molecule has 0 aromatic heterocycles. The van der Waals surface area contributed by atoms with Crippen molar-refractivity contribution in [1.82, 2.24) is 4.72 Å². The highest BCUT2D eigenvalue weighted by Gasteiger charge is 2.22. The fourth-order valence-electron chi connectivity index (χ4n) is 2.65. The van der Waals surface area contributed by atoms with Crippen molar-refractivity contribution in [1.29, 1.82) is 0 Å². The summed E-state index contributed by atoms with van der Waals surface area (Å²) in [6.45, 7) is 1.41. The molecule has 22 heavy (non-hydrogen) atoms. The molecule has 0 heterocycles. The van der Waals surface area contributed by atoms with Crippen LogP contribution in [-0.2, 0) is 14.8 Å². The summed E-state index contributed by atoms with van der Waals surface area (Å²) in [5.41, 5.74) is 0.534. The van der Waals surface area contributed by atoms with Crippen LogP contribution in [0.15, 0.2) is 28.0 Å². The molecule has 1 amide bonds.